The van der Waals surface area contributed by atoms with Gasteiger partial charge in [0, 0.05) is 97.6 Å². The van der Waals surface area contributed by atoms with Gasteiger partial charge >= 0.3 is 12.4 Å². The van der Waals surface area contributed by atoms with Gasteiger partial charge in [-0.25, -0.2) is 0 Å². The lowest BCUT2D eigenvalue weighted by molar-refractivity contribution is -0.384. The first kappa shape index (κ1) is 45.2. The summed E-state index contributed by atoms with van der Waals surface area (Å²) in [5.41, 5.74) is -6.17. The number of β-amino-alcohol motifs (C(OH)–C–C–N with tert-alkyl or cyclic N) is 2. The van der Waals surface area contributed by atoms with E-state index in [2.05, 4.69) is 0 Å². The highest BCUT2D eigenvalue weighted by Crippen LogP contribution is 2.46. The first-order valence-corrected chi connectivity index (χ1v) is 20.0. The fourth-order valence-electron chi connectivity index (χ4n) is 8.22. The Morgan fingerprint density at radius 3 is 1.22 bits per heavy atom. The van der Waals surface area contributed by atoms with Gasteiger partial charge in [0.2, 0.25) is 23.0 Å². The number of benzene rings is 4. The topological polar surface area (TPSA) is 177 Å². The number of alkyl halides is 6. The zero-order valence-electron chi connectivity index (χ0n) is 33.8. The Kier molecular flexibility index (Phi) is 12.3. The van der Waals surface area contributed by atoms with Crippen LogP contribution < -0.4 is 0 Å². The van der Waals surface area contributed by atoms with Crippen LogP contribution in [0.15, 0.2) is 109 Å². The van der Waals surface area contributed by atoms with Gasteiger partial charge in [0.25, 0.3) is 11.4 Å². The predicted octanol–water partition coefficient (Wildman–Crippen LogP) is 7.94. The summed E-state index contributed by atoms with van der Waals surface area (Å²) in [5.74, 6) is -0.896. The smallest absolute Gasteiger partial charge is 0.375 e. The zero-order chi connectivity index (χ0) is 46.2. The lowest BCUT2D eigenvalue weighted by Crippen LogP contribution is -2.51. The van der Waals surface area contributed by atoms with Gasteiger partial charge in [0.05, 0.1) is 34.0 Å². The molecule has 2 fully saturated rings. The van der Waals surface area contributed by atoms with Gasteiger partial charge in [-0.2, -0.15) is 26.3 Å². The van der Waals surface area contributed by atoms with Crippen molar-refractivity contribution in [2.45, 2.75) is 62.3 Å². The minimum absolute atomic E-state index is 0.0398. The number of amides is 2. The van der Waals surface area contributed by atoms with Crippen molar-refractivity contribution in [3.8, 4) is 0 Å². The molecule has 6 aromatic rings. The van der Waals surface area contributed by atoms with E-state index in [4.69, 9.17) is 0 Å². The second-order valence-electron chi connectivity index (χ2n) is 15.8. The lowest BCUT2D eigenvalue weighted by atomic mass is 9.92. The molecule has 2 aliphatic rings. The Bertz CT molecular complexity index is 2540. The number of non-ortho nitro benzene ring substituents is 2. The molecule has 0 radical (unpaired) electrons. The van der Waals surface area contributed by atoms with Crippen LogP contribution in [-0.2, 0) is 33.9 Å². The minimum Gasteiger partial charge on any atom is -0.375 e. The predicted molar refractivity (Wildman–Crippen MR) is 220 cm³/mol. The fourth-order valence-corrected chi connectivity index (χ4v) is 8.22. The number of hydrogen-bond acceptors (Lipinski definition) is 8. The van der Waals surface area contributed by atoms with Gasteiger partial charge in [0.1, 0.15) is 0 Å². The molecule has 0 bridgehead atoms. The van der Waals surface area contributed by atoms with Crippen molar-refractivity contribution in [3.05, 3.63) is 152 Å². The molecule has 20 heteroatoms. The SMILES string of the molecule is O=C1CCCN1CC(O)(c1cn(Cc2ccccc2)c2cc([N+](=O)[O-])ccc12)C(F)(F)F.O=C1CCCN1CC(O)(c1cn(Cc2ccccc2)c2cc([N+](=O)[O-])ccc12)C(F)(F)F. The number of aliphatic hydroxyl groups is 2. The molecule has 64 heavy (non-hydrogen) atoms. The van der Waals surface area contributed by atoms with Gasteiger partial charge in [-0.15, -0.1) is 0 Å². The molecule has 14 nitrogen and oxygen atoms in total. The summed E-state index contributed by atoms with van der Waals surface area (Å²) in [4.78, 5) is 47.3. The number of likely N-dealkylation sites (tertiary alicyclic amines) is 2. The van der Waals surface area contributed by atoms with Gasteiger partial charge in [-0.05, 0) is 36.1 Å². The van der Waals surface area contributed by atoms with Crippen LogP contribution in [0.25, 0.3) is 21.8 Å². The number of rotatable bonds is 12. The number of carbonyl (C=O) groups excluding carboxylic acids is 2. The van der Waals surface area contributed by atoms with E-state index in [0.717, 1.165) is 33.1 Å². The van der Waals surface area contributed by atoms with Crippen molar-refractivity contribution in [2.24, 2.45) is 0 Å². The Hall–Kier alpha value is -6.80. The van der Waals surface area contributed by atoms with E-state index >= 15 is 0 Å². The molecule has 0 saturated carbocycles. The molecule has 2 saturated heterocycles. The third-order valence-electron chi connectivity index (χ3n) is 11.6. The highest BCUT2D eigenvalue weighted by Gasteiger charge is 2.59. The minimum atomic E-state index is -5.08. The molecule has 0 aliphatic carbocycles. The molecule has 4 heterocycles. The van der Waals surface area contributed by atoms with Crippen LogP contribution in [0.1, 0.15) is 47.9 Å². The third-order valence-corrected chi connectivity index (χ3v) is 11.6. The monoisotopic (exact) mass is 894 g/mol. The van der Waals surface area contributed by atoms with Crippen LogP contribution in [0.5, 0.6) is 0 Å². The molecule has 2 amide bonds. The number of carbonyl (C=O) groups is 2. The summed E-state index contributed by atoms with van der Waals surface area (Å²) in [6, 6.07) is 24.8. The van der Waals surface area contributed by atoms with Gasteiger partial charge in [0.15, 0.2) is 0 Å². The van der Waals surface area contributed by atoms with E-state index in [1.807, 2.05) is 0 Å². The molecule has 4 aromatic carbocycles. The summed E-state index contributed by atoms with van der Waals surface area (Å²) in [7, 11) is 0. The average molecular weight is 895 g/mol. The first-order valence-electron chi connectivity index (χ1n) is 20.0. The van der Waals surface area contributed by atoms with Crippen LogP contribution in [0, 0.1) is 20.2 Å². The van der Waals surface area contributed by atoms with Crippen LogP contribution >= 0.6 is 0 Å². The van der Waals surface area contributed by atoms with E-state index < -0.39 is 69.4 Å². The van der Waals surface area contributed by atoms with Gasteiger partial charge in [-0.3, -0.25) is 29.8 Å². The number of hydrogen-bond donors (Lipinski definition) is 2. The molecular weight excluding hydrogens is 855 g/mol. The van der Waals surface area contributed by atoms with Crippen LogP contribution in [0.3, 0.4) is 0 Å². The lowest BCUT2D eigenvalue weighted by Gasteiger charge is -2.34. The quantitative estimate of drug-likeness (QED) is 0.0707. The van der Waals surface area contributed by atoms with Crippen molar-refractivity contribution in [2.75, 3.05) is 26.2 Å². The Labute approximate surface area is 359 Å². The van der Waals surface area contributed by atoms with Crippen molar-refractivity contribution in [1.82, 2.24) is 18.9 Å². The molecule has 2 aliphatic heterocycles. The maximum atomic E-state index is 14.2. The van der Waals surface area contributed by atoms with Crippen LogP contribution in [-0.4, -0.2) is 89.3 Å². The van der Waals surface area contributed by atoms with E-state index in [0.29, 0.717) is 12.8 Å². The van der Waals surface area contributed by atoms with Crippen molar-refractivity contribution in [1.29, 1.82) is 0 Å². The maximum Gasteiger partial charge on any atom is 0.423 e. The average Bonchev–Trinajstić information content (AvgIpc) is 4.03. The highest BCUT2D eigenvalue weighted by atomic mass is 19.4. The zero-order valence-corrected chi connectivity index (χ0v) is 33.8. The molecular formula is C44H40F6N6O8. The molecule has 2 aromatic heterocycles. The van der Waals surface area contributed by atoms with E-state index in [-0.39, 0.29) is 72.2 Å². The van der Waals surface area contributed by atoms with Crippen molar-refractivity contribution in [3.63, 3.8) is 0 Å². The van der Waals surface area contributed by atoms with Gasteiger partial charge in [-0.1, -0.05) is 60.7 Å². The summed E-state index contributed by atoms with van der Waals surface area (Å²) in [6.45, 7) is -1.31. The summed E-state index contributed by atoms with van der Waals surface area (Å²) in [5, 5.41) is 44.6. The van der Waals surface area contributed by atoms with Crippen LogP contribution in [0.4, 0.5) is 37.7 Å². The molecule has 2 unspecified atom stereocenters. The second-order valence-corrected chi connectivity index (χ2v) is 15.8. The Balaban J connectivity index is 0.000000191. The largest absolute Gasteiger partial charge is 0.423 e. The molecule has 0 spiro atoms. The van der Waals surface area contributed by atoms with E-state index in [1.54, 1.807) is 60.7 Å². The number of nitrogens with zero attached hydrogens (tertiary/aromatic N) is 6. The Morgan fingerprint density at radius 2 is 0.922 bits per heavy atom. The molecule has 2 atom stereocenters. The van der Waals surface area contributed by atoms with E-state index in [1.165, 1.54) is 45.8 Å². The number of halogens is 6. The highest BCUT2D eigenvalue weighted by molar-refractivity contribution is 5.88. The standard InChI is InChI=1S/2C22H20F3N3O4/c2*23-22(24,25)21(30,14-26-10-4-7-20(26)29)18-13-27(12-15-5-2-1-3-6-15)19-11-16(28(31)32)8-9-17(18)19/h2*1-3,5-6,8-9,11,13,30H,4,7,10,12,14H2. The molecule has 8 rings (SSSR count). The van der Waals surface area contributed by atoms with Crippen molar-refractivity contribution >= 4 is 45.0 Å². The van der Waals surface area contributed by atoms with Gasteiger partial charge < -0.3 is 29.1 Å². The van der Waals surface area contributed by atoms with E-state index in [9.17, 15) is 66.4 Å². The number of nitro benzene ring substituents is 2. The normalized spacial score (nSPS) is 16.5. The summed E-state index contributed by atoms with van der Waals surface area (Å²) >= 11 is 0. The third kappa shape index (κ3) is 8.87. The Morgan fingerprint density at radius 1 is 0.562 bits per heavy atom. The molecule has 2 N–H and O–H groups in total. The number of nitro groups is 2. The van der Waals surface area contributed by atoms with Crippen molar-refractivity contribution < 1.29 is 56.0 Å². The number of fused-ring (bicyclic) bond motifs is 2. The first-order chi connectivity index (χ1) is 30.2. The molecule has 336 valence electrons. The second kappa shape index (κ2) is 17.4. The summed E-state index contributed by atoms with van der Waals surface area (Å²) < 4.78 is 88.3. The summed E-state index contributed by atoms with van der Waals surface area (Å²) in [6.07, 6.45) is -6.69. The van der Waals surface area contributed by atoms with Crippen LogP contribution in [0.2, 0.25) is 0 Å². The number of aromatic nitrogens is 2. The fraction of sp³-hybridized carbons (Fsp3) is 0.318. The maximum absolute atomic E-state index is 14.2.